The van der Waals surface area contributed by atoms with Crippen LogP contribution in [0.5, 0.6) is 0 Å². The van der Waals surface area contributed by atoms with Gasteiger partial charge in [0.05, 0.1) is 0 Å². The van der Waals surface area contributed by atoms with E-state index in [0.717, 1.165) is 13.1 Å². The second-order valence-corrected chi connectivity index (χ2v) is 10.4. The van der Waals surface area contributed by atoms with Crippen LogP contribution < -0.4 is 4.12 Å². The number of hydrogen-bond donors (Lipinski definition) is 0. The Morgan fingerprint density at radius 3 is 2.47 bits per heavy atom. The molecule has 2 heteroatoms. The molecule has 1 heterocycles. The number of hydrogen-bond acceptors (Lipinski definition) is 1. The third-order valence-corrected chi connectivity index (χ3v) is 9.79. The van der Waals surface area contributed by atoms with Gasteiger partial charge >= 0.3 is 108 Å². The van der Waals surface area contributed by atoms with Crippen molar-refractivity contribution < 1.29 is 0 Å². The van der Waals surface area contributed by atoms with Crippen LogP contribution in [-0.4, -0.2) is 20.1 Å². The van der Waals surface area contributed by atoms with Gasteiger partial charge in [-0.15, -0.1) is 0 Å². The molecule has 84 valence electrons. The summed E-state index contributed by atoms with van der Waals surface area (Å²) in [7, 11) is 0. The molecule has 2 aromatic carbocycles. The maximum absolute atomic E-state index is 2.72. The van der Waals surface area contributed by atoms with Crippen LogP contribution in [0, 0.1) is 0 Å². The Morgan fingerprint density at radius 2 is 1.71 bits per heavy atom. The molecular weight excluding hydrogens is 264 g/mol. The van der Waals surface area contributed by atoms with Crippen LogP contribution in [0.3, 0.4) is 0 Å². The average Bonchev–Trinajstić information content (AvgIpc) is 2.68. The molecule has 0 saturated heterocycles. The molecule has 2 aromatic rings. The van der Waals surface area contributed by atoms with Crippen molar-refractivity contribution >= 4 is 20.6 Å². The van der Waals surface area contributed by atoms with E-state index in [9.17, 15) is 0 Å². The fraction of sp³-hybridized carbons (Fsp3) is 0.200. The zero-order valence-electron chi connectivity index (χ0n) is 10.1. The molecule has 0 saturated carbocycles. The van der Waals surface area contributed by atoms with Crippen molar-refractivity contribution in [3.05, 3.63) is 65.7 Å². The molecule has 0 unspecified atom stereocenters. The van der Waals surface area contributed by atoms with Crippen LogP contribution in [0.4, 0.5) is 0 Å². The molecule has 1 aliphatic heterocycles. The van der Waals surface area contributed by atoms with Gasteiger partial charge in [0.1, 0.15) is 0 Å². The third kappa shape index (κ3) is 2.21. The summed E-state index contributed by atoms with van der Waals surface area (Å²) in [6.45, 7) is 2.28. The van der Waals surface area contributed by atoms with Gasteiger partial charge in [0.15, 0.2) is 0 Å². The Kier molecular flexibility index (Phi) is 3.10. The van der Waals surface area contributed by atoms with Crippen LogP contribution in [0.15, 0.2) is 54.6 Å². The summed E-state index contributed by atoms with van der Waals surface area (Å²) in [5.41, 5.74) is 5.50. The SMILES string of the molecule is [CH3][Ga]1[c]2ccccc2C[N]1Cc1ccccc1. The molecule has 3 rings (SSSR count). The second kappa shape index (κ2) is 4.73. The van der Waals surface area contributed by atoms with E-state index < -0.39 is 16.5 Å². The van der Waals surface area contributed by atoms with E-state index in [0.29, 0.717) is 0 Å². The first kappa shape index (κ1) is 11.1. The summed E-state index contributed by atoms with van der Waals surface area (Å²) in [6.07, 6.45) is 0. The molecular formula is C15H16GaN. The summed E-state index contributed by atoms with van der Waals surface area (Å²) >= 11 is -1.40. The van der Waals surface area contributed by atoms with Crippen LogP contribution in [-0.2, 0) is 13.1 Å². The van der Waals surface area contributed by atoms with Crippen molar-refractivity contribution in [1.29, 1.82) is 0 Å². The zero-order chi connectivity index (χ0) is 11.7. The third-order valence-electron chi connectivity index (χ3n) is 3.65. The van der Waals surface area contributed by atoms with Crippen molar-refractivity contribution in [3.63, 3.8) is 0 Å². The van der Waals surface area contributed by atoms with E-state index >= 15 is 0 Å². The van der Waals surface area contributed by atoms with Crippen LogP contribution in [0.25, 0.3) is 0 Å². The molecule has 17 heavy (non-hydrogen) atoms. The number of benzene rings is 2. The Hall–Kier alpha value is -0.964. The van der Waals surface area contributed by atoms with Crippen molar-refractivity contribution in [1.82, 2.24) is 3.61 Å². The second-order valence-electron chi connectivity index (χ2n) is 4.77. The van der Waals surface area contributed by atoms with E-state index in [1.165, 1.54) is 5.56 Å². The number of rotatable bonds is 2. The summed E-state index contributed by atoms with van der Waals surface area (Å²) in [6, 6.07) is 19.8. The van der Waals surface area contributed by atoms with E-state index in [-0.39, 0.29) is 0 Å². The number of nitrogens with zero attached hydrogens (tertiary/aromatic N) is 1. The standard InChI is InChI=1S/C14H13N.CH3.Ga/c1-3-7-13(8-4-1)11-15-12-14-9-5-2-6-10-14;;/h1-9H,11-12H2;1H3;/q-1;;+1. The Balaban J connectivity index is 1.81. The zero-order valence-corrected chi connectivity index (χ0v) is 12.6. The Bertz CT molecular complexity index is 509. The van der Waals surface area contributed by atoms with E-state index in [2.05, 4.69) is 63.7 Å². The first-order valence-corrected chi connectivity index (χ1v) is 10.9. The van der Waals surface area contributed by atoms with Crippen molar-refractivity contribution in [2.45, 2.75) is 18.6 Å². The van der Waals surface area contributed by atoms with Crippen molar-refractivity contribution in [2.24, 2.45) is 0 Å². The van der Waals surface area contributed by atoms with Crippen LogP contribution in [0.1, 0.15) is 11.1 Å². The van der Waals surface area contributed by atoms with Gasteiger partial charge in [-0.1, -0.05) is 0 Å². The minimum absolute atomic E-state index is 1.12. The molecule has 0 spiro atoms. The van der Waals surface area contributed by atoms with Gasteiger partial charge in [-0.05, 0) is 0 Å². The van der Waals surface area contributed by atoms with Gasteiger partial charge in [-0.25, -0.2) is 0 Å². The molecule has 0 bridgehead atoms. The molecule has 0 amide bonds. The summed E-state index contributed by atoms with van der Waals surface area (Å²) < 4.78 is 4.39. The minimum atomic E-state index is -1.40. The van der Waals surface area contributed by atoms with Crippen LogP contribution >= 0.6 is 0 Å². The maximum atomic E-state index is 2.72. The predicted octanol–water partition coefficient (Wildman–Crippen LogP) is 2.53. The fourth-order valence-corrected chi connectivity index (χ4v) is 7.82. The first-order chi connectivity index (χ1) is 8.34. The topological polar surface area (TPSA) is 3.24 Å². The van der Waals surface area contributed by atoms with E-state index in [4.69, 9.17) is 0 Å². The van der Waals surface area contributed by atoms with E-state index in [1.807, 2.05) is 0 Å². The summed E-state index contributed by atoms with van der Waals surface area (Å²) in [4.78, 5) is 0. The van der Waals surface area contributed by atoms with Crippen molar-refractivity contribution in [3.8, 4) is 0 Å². The molecule has 0 fully saturated rings. The monoisotopic (exact) mass is 279 g/mol. The molecule has 0 aromatic heterocycles. The van der Waals surface area contributed by atoms with Gasteiger partial charge in [-0.2, -0.15) is 0 Å². The number of fused-ring (bicyclic) bond motifs is 1. The molecule has 0 aliphatic carbocycles. The first-order valence-electron chi connectivity index (χ1n) is 6.20. The van der Waals surface area contributed by atoms with Gasteiger partial charge in [0.25, 0.3) is 0 Å². The summed E-state index contributed by atoms with van der Waals surface area (Å²) in [5.74, 6) is 0. The van der Waals surface area contributed by atoms with Crippen LogP contribution in [0.2, 0.25) is 5.48 Å². The average molecular weight is 280 g/mol. The molecule has 0 N–H and O–H groups in total. The van der Waals surface area contributed by atoms with Gasteiger partial charge in [0, 0.05) is 0 Å². The van der Waals surface area contributed by atoms with Gasteiger partial charge < -0.3 is 0 Å². The van der Waals surface area contributed by atoms with Gasteiger partial charge in [0.2, 0.25) is 0 Å². The molecule has 1 nitrogen and oxygen atoms in total. The van der Waals surface area contributed by atoms with Gasteiger partial charge in [-0.3, -0.25) is 0 Å². The molecule has 0 radical (unpaired) electrons. The van der Waals surface area contributed by atoms with Crippen molar-refractivity contribution in [2.75, 3.05) is 0 Å². The summed E-state index contributed by atoms with van der Waals surface area (Å²) in [5, 5.41) is 0. The predicted molar refractivity (Wildman–Crippen MR) is 73.4 cm³/mol. The molecule has 0 atom stereocenters. The quantitative estimate of drug-likeness (QED) is 0.764. The fourth-order valence-electron chi connectivity index (χ4n) is 2.65. The Labute approximate surface area is 108 Å². The normalized spacial score (nSPS) is 15.0. The Morgan fingerprint density at radius 1 is 1.00 bits per heavy atom. The van der Waals surface area contributed by atoms with E-state index in [1.54, 1.807) is 9.68 Å². The molecule has 1 aliphatic rings.